The highest BCUT2D eigenvalue weighted by atomic mass is 16.6. The molecule has 0 atom stereocenters. The number of rotatable bonds is 5. The lowest BCUT2D eigenvalue weighted by Gasteiger charge is -2.19. The third kappa shape index (κ3) is 5.39. The van der Waals surface area contributed by atoms with Crippen LogP contribution in [0.5, 0.6) is 0 Å². The van der Waals surface area contributed by atoms with Crippen molar-refractivity contribution in [1.82, 2.24) is 0 Å². The monoisotopic (exact) mass is 170 g/mol. The minimum Gasteiger partial charge on any atom is -0.405 e. The molecule has 0 rings (SSSR count). The predicted molar refractivity (Wildman–Crippen MR) is 53.0 cm³/mol. The maximum Gasteiger partial charge on any atom is 0.489 e. The first kappa shape index (κ1) is 11.7. The fourth-order valence-electron chi connectivity index (χ4n) is 0.759. The van der Waals surface area contributed by atoms with Crippen LogP contribution in [0, 0.1) is 0 Å². The molecule has 0 amide bonds. The summed E-state index contributed by atoms with van der Waals surface area (Å²) in [5.41, 5.74) is 0.914. The molecule has 0 aromatic rings. The molecule has 0 aromatic carbocycles. The lowest BCUT2D eigenvalue weighted by Crippen LogP contribution is -2.30. The van der Waals surface area contributed by atoms with Crippen molar-refractivity contribution in [1.29, 1.82) is 0 Å². The van der Waals surface area contributed by atoms with Crippen molar-refractivity contribution in [2.75, 3.05) is 0 Å². The summed E-state index contributed by atoms with van der Waals surface area (Å²) in [5.74, 6) is 0. The van der Waals surface area contributed by atoms with Gasteiger partial charge in [0, 0.05) is 12.2 Å². The van der Waals surface area contributed by atoms with Crippen LogP contribution in [0.1, 0.15) is 34.6 Å². The fourth-order valence-corrected chi connectivity index (χ4v) is 0.759. The van der Waals surface area contributed by atoms with Crippen LogP contribution < -0.4 is 0 Å². The quantitative estimate of drug-likeness (QED) is 0.590. The van der Waals surface area contributed by atoms with Crippen molar-refractivity contribution in [2.45, 2.75) is 46.8 Å². The van der Waals surface area contributed by atoms with E-state index in [9.17, 15) is 0 Å². The Balaban J connectivity index is 3.96. The summed E-state index contributed by atoms with van der Waals surface area (Å²) in [4.78, 5) is 0. The molecular weight excluding hydrogens is 151 g/mol. The average molecular weight is 170 g/mol. The molecule has 0 N–H and O–H groups in total. The van der Waals surface area contributed by atoms with E-state index in [4.69, 9.17) is 9.31 Å². The second kappa shape index (κ2) is 5.38. The highest BCUT2D eigenvalue weighted by molar-refractivity contribution is 6.53. The Labute approximate surface area is 76.1 Å². The van der Waals surface area contributed by atoms with Gasteiger partial charge in [0.15, 0.2) is 0 Å². The van der Waals surface area contributed by atoms with Crippen molar-refractivity contribution in [3.63, 3.8) is 0 Å². The van der Waals surface area contributed by atoms with Gasteiger partial charge < -0.3 is 9.31 Å². The summed E-state index contributed by atoms with van der Waals surface area (Å²) >= 11 is 0. The molecule has 0 fully saturated rings. The largest absolute Gasteiger partial charge is 0.489 e. The van der Waals surface area contributed by atoms with Gasteiger partial charge in [0.1, 0.15) is 0 Å². The molecular formula is C9H19BO2. The maximum absolute atomic E-state index is 5.50. The van der Waals surface area contributed by atoms with E-state index in [2.05, 4.69) is 6.58 Å². The smallest absolute Gasteiger partial charge is 0.405 e. The summed E-state index contributed by atoms with van der Waals surface area (Å²) in [6, 6.07) is 0. The Morgan fingerprint density at radius 1 is 1.08 bits per heavy atom. The molecule has 0 saturated carbocycles. The van der Waals surface area contributed by atoms with Crippen LogP contribution in [0.25, 0.3) is 0 Å². The van der Waals surface area contributed by atoms with Crippen molar-refractivity contribution in [2.24, 2.45) is 0 Å². The van der Waals surface area contributed by atoms with Gasteiger partial charge in [-0.3, -0.25) is 0 Å². The number of hydrogen-bond donors (Lipinski definition) is 0. The van der Waals surface area contributed by atoms with Crippen LogP contribution in [0.3, 0.4) is 0 Å². The Bertz CT molecular complexity index is 133. The second-order valence-electron chi connectivity index (χ2n) is 3.55. The van der Waals surface area contributed by atoms with Crippen LogP contribution in [-0.2, 0) is 9.31 Å². The van der Waals surface area contributed by atoms with Crippen molar-refractivity contribution in [3.8, 4) is 0 Å². The molecule has 70 valence electrons. The van der Waals surface area contributed by atoms with Gasteiger partial charge in [-0.05, 0) is 34.6 Å². The van der Waals surface area contributed by atoms with Gasteiger partial charge in [0.2, 0.25) is 0 Å². The predicted octanol–water partition coefficient (Wildman–Crippen LogP) is 2.44. The van der Waals surface area contributed by atoms with Crippen LogP contribution in [0.2, 0.25) is 0 Å². The molecule has 0 heterocycles. The first-order chi connectivity index (χ1) is 5.43. The SMILES string of the molecule is C=C(C)B(OC(C)C)OC(C)C. The van der Waals surface area contributed by atoms with Gasteiger partial charge in [0.25, 0.3) is 0 Å². The summed E-state index contributed by atoms with van der Waals surface area (Å²) in [7, 11) is -0.259. The zero-order valence-electron chi connectivity index (χ0n) is 8.76. The van der Waals surface area contributed by atoms with Gasteiger partial charge in [-0.1, -0.05) is 5.47 Å². The van der Waals surface area contributed by atoms with Crippen LogP contribution in [-0.4, -0.2) is 19.3 Å². The topological polar surface area (TPSA) is 18.5 Å². The molecule has 0 radical (unpaired) electrons. The zero-order valence-corrected chi connectivity index (χ0v) is 8.76. The lowest BCUT2D eigenvalue weighted by atomic mass is 9.80. The summed E-state index contributed by atoms with van der Waals surface area (Å²) in [6.45, 7) is 13.7. The Morgan fingerprint density at radius 3 is 1.58 bits per heavy atom. The van der Waals surface area contributed by atoms with Crippen LogP contribution in [0.15, 0.2) is 12.1 Å². The first-order valence-electron chi connectivity index (χ1n) is 4.39. The van der Waals surface area contributed by atoms with Gasteiger partial charge in [-0.2, -0.15) is 0 Å². The van der Waals surface area contributed by atoms with Crippen LogP contribution >= 0.6 is 0 Å². The Hall–Kier alpha value is -0.275. The molecule has 0 unspecified atom stereocenters. The van der Waals surface area contributed by atoms with Crippen molar-refractivity contribution >= 4 is 7.12 Å². The average Bonchev–Trinajstić information content (AvgIpc) is 1.83. The van der Waals surface area contributed by atoms with E-state index in [1.54, 1.807) is 0 Å². The summed E-state index contributed by atoms with van der Waals surface area (Å²) in [5, 5.41) is 0. The molecule has 0 saturated heterocycles. The molecule has 0 aromatic heterocycles. The molecule has 0 bridgehead atoms. The minimum absolute atomic E-state index is 0.172. The highest BCUT2D eigenvalue weighted by Crippen LogP contribution is 2.06. The third-order valence-electron chi connectivity index (χ3n) is 1.19. The minimum atomic E-state index is -0.259. The fraction of sp³-hybridized carbons (Fsp3) is 0.778. The zero-order chi connectivity index (χ0) is 9.72. The van der Waals surface area contributed by atoms with E-state index in [0.29, 0.717) is 0 Å². The standard InChI is InChI=1S/C9H19BO2/c1-7(2)10(11-8(3)4)12-9(5)6/h8-9H,1H2,2-6H3. The molecule has 0 spiro atoms. The van der Waals surface area contributed by atoms with E-state index in [0.717, 1.165) is 5.47 Å². The molecule has 3 heteroatoms. The molecule has 0 aliphatic heterocycles. The van der Waals surface area contributed by atoms with E-state index >= 15 is 0 Å². The van der Waals surface area contributed by atoms with Crippen LogP contribution in [0.4, 0.5) is 0 Å². The summed E-state index contributed by atoms with van der Waals surface area (Å²) in [6.07, 6.45) is 0.343. The Morgan fingerprint density at radius 2 is 1.42 bits per heavy atom. The molecule has 2 nitrogen and oxygen atoms in total. The van der Waals surface area contributed by atoms with Gasteiger partial charge in [0.05, 0.1) is 0 Å². The van der Waals surface area contributed by atoms with Gasteiger partial charge in [-0.25, -0.2) is 0 Å². The van der Waals surface area contributed by atoms with E-state index in [-0.39, 0.29) is 19.3 Å². The Kier molecular flexibility index (Phi) is 5.26. The van der Waals surface area contributed by atoms with Gasteiger partial charge >= 0.3 is 7.12 Å². The molecule has 0 aliphatic carbocycles. The summed E-state index contributed by atoms with van der Waals surface area (Å²) < 4.78 is 11.0. The third-order valence-corrected chi connectivity index (χ3v) is 1.19. The number of hydrogen-bond acceptors (Lipinski definition) is 2. The van der Waals surface area contributed by atoms with E-state index in [1.807, 2.05) is 34.6 Å². The van der Waals surface area contributed by atoms with E-state index in [1.165, 1.54) is 0 Å². The van der Waals surface area contributed by atoms with Gasteiger partial charge in [-0.15, -0.1) is 6.58 Å². The van der Waals surface area contributed by atoms with E-state index < -0.39 is 0 Å². The van der Waals surface area contributed by atoms with Crippen molar-refractivity contribution < 1.29 is 9.31 Å². The van der Waals surface area contributed by atoms with Crippen molar-refractivity contribution in [3.05, 3.63) is 12.1 Å². The molecule has 12 heavy (non-hydrogen) atoms. The lowest BCUT2D eigenvalue weighted by molar-refractivity contribution is 0.136. The first-order valence-corrected chi connectivity index (χ1v) is 4.39. The maximum atomic E-state index is 5.50. The molecule has 0 aliphatic rings. The number of allylic oxidation sites excluding steroid dienone is 1. The normalized spacial score (nSPS) is 10.9. The second-order valence-corrected chi connectivity index (χ2v) is 3.55. The highest BCUT2D eigenvalue weighted by Gasteiger charge is 2.21.